The zero-order valence-corrected chi connectivity index (χ0v) is 16.2. The van der Waals surface area contributed by atoms with Crippen LogP contribution in [0.5, 0.6) is 0 Å². The Morgan fingerprint density at radius 1 is 1.24 bits per heavy atom. The molecule has 0 amide bonds. The molecule has 3 aromatic heterocycles. The first kappa shape index (κ1) is 17.7. The SMILES string of the molecule is O=[N+]([O-])c1cccc(CNc2nc(-n3cncn3)nc3sc4c(c23)CCCC4)c1. The first-order valence-electron chi connectivity index (χ1n) is 9.33. The summed E-state index contributed by atoms with van der Waals surface area (Å²) < 4.78 is 1.54. The Balaban J connectivity index is 1.56. The summed E-state index contributed by atoms with van der Waals surface area (Å²) in [6.07, 6.45) is 7.46. The molecule has 29 heavy (non-hydrogen) atoms. The number of non-ortho nitro benzene ring substituents is 1. The molecule has 1 N–H and O–H groups in total. The van der Waals surface area contributed by atoms with E-state index in [1.54, 1.807) is 29.8 Å². The average molecular weight is 407 g/mol. The summed E-state index contributed by atoms with van der Waals surface area (Å²) in [7, 11) is 0. The lowest BCUT2D eigenvalue weighted by Crippen LogP contribution is -2.08. The van der Waals surface area contributed by atoms with Crippen molar-refractivity contribution in [2.75, 3.05) is 5.32 Å². The molecule has 0 radical (unpaired) electrons. The molecule has 0 fully saturated rings. The van der Waals surface area contributed by atoms with Crippen molar-refractivity contribution in [2.45, 2.75) is 32.2 Å². The molecule has 5 rings (SSSR count). The quantitative estimate of drug-likeness (QED) is 0.397. The second-order valence-corrected chi connectivity index (χ2v) is 7.97. The van der Waals surface area contributed by atoms with Crippen LogP contribution in [0.1, 0.15) is 28.8 Å². The fourth-order valence-electron chi connectivity index (χ4n) is 3.65. The van der Waals surface area contributed by atoms with Crippen LogP contribution < -0.4 is 5.32 Å². The summed E-state index contributed by atoms with van der Waals surface area (Å²) in [5.41, 5.74) is 2.22. The maximum absolute atomic E-state index is 11.1. The van der Waals surface area contributed by atoms with Crippen LogP contribution in [-0.4, -0.2) is 29.7 Å². The number of thiophene rings is 1. The molecule has 0 unspecified atom stereocenters. The van der Waals surface area contributed by atoms with Gasteiger partial charge < -0.3 is 5.32 Å². The minimum Gasteiger partial charge on any atom is -0.365 e. The summed E-state index contributed by atoms with van der Waals surface area (Å²) in [6, 6.07) is 6.62. The van der Waals surface area contributed by atoms with E-state index in [0.717, 1.165) is 40.9 Å². The Morgan fingerprint density at radius 2 is 2.14 bits per heavy atom. The predicted molar refractivity (Wildman–Crippen MR) is 109 cm³/mol. The van der Waals surface area contributed by atoms with Gasteiger partial charge in [0.15, 0.2) is 0 Å². The van der Waals surface area contributed by atoms with Crippen molar-refractivity contribution in [3.8, 4) is 5.95 Å². The Labute approximate surface area is 169 Å². The molecule has 0 aliphatic heterocycles. The van der Waals surface area contributed by atoms with Gasteiger partial charge in [0.05, 0.1) is 10.3 Å². The van der Waals surface area contributed by atoms with Crippen LogP contribution in [0.15, 0.2) is 36.9 Å². The molecular formula is C19H17N7O2S. The Kier molecular flexibility index (Phi) is 4.39. The number of aryl methyl sites for hydroxylation is 2. The van der Waals surface area contributed by atoms with Gasteiger partial charge in [0.25, 0.3) is 11.6 Å². The fourth-order valence-corrected chi connectivity index (χ4v) is 4.91. The van der Waals surface area contributed by atoms with E-state index < -0.39 is 0 Å². The number of rotatable bonds is 5. The number of benzene rings is 1. The number of anilines is 1. The normalized spacial score (nSPS) is 13.4. The Morgan fingerprint density at radius 3 is 2.97 bits per heavy atom. The number of nitro benzene ring substituents is 1. The third-order valence-corrected chi connectivity index (χ3v) is 6.19. The van der Waals surface area contributed by atoms with Gasteiger partial charge in [-0.3, -0.25) is 10.1 Å². The lowest BCUT2D eigenvalue weighted by atomic mass is 9.97. The molecule has 0 saturated carbocycles. The van der Waals surface area contributed by atoms with Crippen LogP contribution in [-0.2, 0) is 19.4 Å². The molecule has 1 aromatic carbocycles. The van der Waals surface area contributed by atoms with E-state index in [4.69, 9.17) is 9.97 Å². The molecule has 4 aromatic rings. The smallest absolute Gasteiger partial charge is 0.269 e. The lowest BCUT2D eigenvalue weighted by molar-refractivity contribution is -0.384. The number of hydrogen-bond acceptors (Lipinski definition) is 8. The summed E-state index contributed by atoms with van der Waals surface area (Å²) in [5.74, 6) is 1.18. The van der Waals surface area contributed by atoms with Gasteiger partial charge in [-0.15, -0.1) is 11.3 Å². The van der Waals surface area contributed by atoms with Crippen molar-refractivity contribution in [2.24, 2.45) is 0 Å². The zero-order valence-electron chi connectivity index (χ0n) is 15.4. The number of hydrogen-bond donors (Lipinski definition) is 1. The van der Waals surface area contributed by atoms with Gasteiger partial charge in [0.1, 0.15) is 23.3 Å². The number of fused-ring (bicyclic) bond motifs is 3. The molecule has 3 heterocycles. The van der Waals surface area contributed by atoms with E-state index >= 15 is 0 Å². The first-order valence-corrected chi connectivity index (χ1v) is 10.1. The van der Waals surface area contributed by atoms with Crippen molar-refractivity contribution in [3.63, 3.8) is 0 Å². The minimum absolute atomic E-state index is 0.0772. The molecule has 9 nitrogen and oxygen atoms in total. The second kappa shape index (κ2) is 7.21. The van der Waals surface area contributed by atoms with Crippen molar-refractivity contribution < 1.29 is 4.92 Å². The first-order chi connectivity index (χ1) is 14.2. The molecule has 0 spiro atoms. The highest BCUT2D eigenvalue weighted by Gasteiger charge is 2.22. The van der Waals surface area contributed by atoms with Gasteiger partial charge in [0.2, 0.25) is 0 Å². The molecule has 1 aliphatic carbocycles. The average Bonchev–Trinajstić information content (AvgIpc) is 3.40. The van der Waals surface area contributed by atoms with Gasteiger partial charge in [-0.1, -0.05) is 12.1 Å². The van der Waals surface area contributed by atoms with Gasteiger partial charge in [-0.25, -0.2) is 4.98 Å². The lowest BCUT2D eigenvalue weighted by Gasteiger charge is -2.13. The predicted octanol–water partition coefficient (Wildman–Crippen LogP) is 3.67. The number of aromatic nitrogens is 5. The molecule has 0 bridgehead atoms. The summed E-state index contributed by atoms with van der Waals surface area (Å²) in [5, 5.41) is 19.6. The number of nitrogens with one attached hydrogen (secondary N) is 1. The fraction of sp³-hybridized carbons (Fsp3) is 0.263. The second-order valence-electron chi connectivity index (χ2n) is 6.88. The Hall–Kier alpha value is -3.40. The van der Waals surface area contributed by atoms with E-state index in [9.17, 15) is 10.1 Å². The van der Waals surface area contributed by atoms with Crippen molar-refractivity contribution in [3.05, 3.63) is 63.0 Å². The summed E-state index contributed by atoms with van der Waals surface area (Å²) in [6.45, 7) is 0.426. The summed E-state index contributed by atoms with van der Waals surface area (Å²) in [4.78, 5) is 26.4. The maximum atomic E-state index is 11.1. The molecule has 10 heteroatoms. The van der Waals surface area contributed by atoms with Crippen LogP contribution >= 0.6 is 11.3 Å². The third kappa shape index (κ3) is 3.31. The van der Waals surface area contributed by atoms with Gasteiger partial charge in [-0.05, 0) is 36.8 Å². The van der Waals surface area contributed by atoms with Gasteiger partial charge >= 0.3 is 0 Å². The van der Waals surface area contributed by atoms with Gasteiger partial charge in [-0.2, -0.15) is 19.7 Å². The highest BCUT2D eigenvalue weighted by Crippen LogP contribution is 2.39. The number of nitrogens with zero attached hydrogens (tertiary/aromatic N) is 6. The van der Waals surface area contributed by atoms with Crippen molar-refractivity contribution in [1.82, 2.24) is 24.7 Å². The van der Waals surface area contributed by atoms with Crippen molar-refractivity contribution >= 4 is 33.1 Å². The molecule has 146 valence electrons. The van der Waals surface area contributed by atoms with E-state index in [1.807, 2.05) is 6.07 Å². The van der Waals surface area contributed by atoms with Crippen LogP contribution in [0.2, 0.25) is 0 Å². The topological polar surface area (TPSA) is 112 Å². The van der Waals surface area contributed by atoms with Crippen molar-refractivity contribution in [1.29, 1.82) is 0 Å². The largest absolute Gasteiger partial charge is 0.365 e. The molecule has 0 atom stereocenters. The van der Waals surface area contributed by atoms with Crippen LogP contribution in [0.25, 0.3) is 16.2 Å². The van der Waals surface area contributed by atoms with Crippen LogP contribution in [0.4, 0.5) is 11.5 Å². The van der Waals surface area contributed by atoms with Gasteiger partial charge in [0, 0.05) is 23.6 Å². The van der Waals surface area contributed by atoms with Crippen LogP contribution in [0.3, 0.4) is 0 Å². The molecule has 1 aliphatic rings. The molecular weight excluding hydrogens is 390 g/mol. The monoisotopic (exact) mass is 407 g/mol. The van der Waals surface area contributed by atoms with E-state index in [0.29, 0.717) is 12.5 Å². The molecule has 0 saturated heterocycles. The Bertz CT molecular complexity index is 1200. The van der Waals surface area contributed by atoms with E-state index in [1.165, 1.54) is 33.9 Å². The summed E-state index contributed by atoms with van der Waals surface area (Å²) >= 11 is 1.71. The highest BCUT2D eigenvalue weighted by molar-refractivity contribution is 7.19. The highest BCUT2D eigenvalue weighted by atomic mass is 32.1. The van der Waals surface area contributed by atoms with E-state index in [-0.39, 0.29) is 10.6 Å². The standard InChI is InChI=1S/C19H17N7O2S/c27-26(28)13-5-3-4-12(8-13)9-21-17-16-14-6-1-2-7-15(14)29-18(16)24-19(23-17)25-11-20-10-22-25/h3-5,8,10-11H,1-2,6-7,9H2,(H,21,23,24). The number of nitro groups is 1. The zero-order chi connectivity index (χ0) is 19.8. The van der Waals surface area contributed by atoms with E-state index in [2.05, 4.69) is 15.4 Å². The van der Waals surface area contributed by atoms with Crippen LogP contribution in [0, 0.1) is 10.1 Å². The minimum atomic E-state index is -0.384. The third-order valence-electron chi connectivity index (χ3n) is 5.01. The maximum Gasteiger partial charge on any atom is 0.269 e.